The minimum atomic E-state index is -0.247. The molecule has 0 spiro atoms. The van der Waals surface area contributed by atoms with Crippen molar-refractivity contribution in [2.75, 3.05) is 53.2 Å². The fourth-order valence-electron chi connectivity index (χ4n) is 2.55. The predicted octanol–water partition coefficient (Wildman–Crippen LogP) is -0.558. The average molecular weight is 383 g/mol. The fourth-order valence-corrected chi connectivity index (χ4v) is 2.55. The molecule has 1 aromatic heterocycles. The van der Waals surface area contributed by atoms with E-state index in [-0.39, 0.29) is 30.7 Å². The Labute approximate surface area is 159 Å². The monoisotopic (exact) mass is 383 g/mol. The minimum absolute atomic E-state index is 0.148. The summed E-state index contributed by atoms with van der Waals surface area (Å²) in [4.78, 5) is 26.5. The van der Waals surface area contributed by atoms with Crippen molar-refractivity contribution < 1.29 is 23.8 Å². The van der Waals surface area contributed by atoms with Gasteiger partial charge in [0.1, 0.15) is 5.69 Å². The molecule has 1 aromatic rings. The number of carbonyl (C=O) groups is 2. The van der Waals surface area contributed by atoms with Crippen LogP contribution in [0.15, 0.2) is 6.20 Å². The third-order valence-electron chi connectivity index (χ3n) is 4.05. The smallest absolute Gasteiger partial charge is 0.232 e. The SMILES string of the molecule is CNCCOCCOCCOCCn1ncc(CN2C(=O)CC(C)C2=O)n1. The molecule has 0 aromatic carbocycles. The number of carbonyl (C=O) groups excluding carboxylic acids is 2. The molecule has 1 atom stereocenters. The molecular weight excluding hydrogens is 354 g/mol. The molecule has 0 saturated carbocycles. The van der Waals surface area contributed by atoms with Gasteiger partial charge in [0.05, 0.1) is 58.9 Å². The van der Waals surface area contributed by atoms with Gasteiger partial charge in [-0.2, -0.15) is 15.0 Å². The number of aromatic nitrogens is 3. The van der Waals surface area contributed by atoms with Gasteiger partial charge in [0.15, 0.2) is 0 Å². The first-order valence-corrected chi connectivity index (χ1v) is 9.23. The first kappa shape index (κ1) is 21.4. The maximum Gasteiger partial charge on any atom is 0.232 e. The lowest BCUT2D eigenvalue weighted by Gasteiger charge is -2.11. The summed E-state index contributed by atoms with van der Waals surface area (Å²) in [5, 5.41) is 11.4. The van der Waals surface area contributed by atoms with E-state index in [0.29, 0.717) is 51.9 Å². The summed E-state index contributed by atoms with van der Waals surface area (Å²) in [6.07, 6.45) is 1.84. The Morgan fingerprint density at radius 3 is 2.41 bits per heavy atom. The highest BCUT2D eigenvalue weighted by Crippen LogP contribution is 2.20. The van der Waals surface area contributed by atoms with E-state index in [4.69, 9.17) is 14.2 Å². The number of hydrogen-bond donors (Lipinski definition) is 1. The van der Waals surface area contributed by atoms with E-state index in [2.05, 4.69) is 15.5 Å². The normalized spacial score (nSPS) is 17.3. The molecule has 0 bridgehead atoms. The summed E-state index contributed by atoms with van der Waals surface area (Å²) in [6.45, 7) is 6.49. The Morgan fingerprint density at radius 1 is 1.11 bits per heavy atom. The number of imide groups is 1. The third-order valence-corrected chi connectivity index (χ3v) is 4.05. The Morgan fingerprint density at radius 2 is 1.78 bits per heavy atom. The second-order valence-electron chi connectivity index (χ2n) is 6.30. The fraction of sp³-hybridized carbons (Fsp3) is 0.765. The average Bonchev–Trinajstić information content (AvgIpc) is 3.19. The molecule has 2 rings (SSSR count). The highest BCUT2D eigenvalue weighted by Gasteiger charge is 2.35. The van der Waals surface area contributed by atoms with E-state index < -0.39 is 0 Å². The van der Waals surface area contributed by atoms with E-state index in [1.54, 1.807) is 13.1 Å². The van der Waals surface area contributed by atoms with E-state index in [1.807, 2.05) is 7.05 Å². The molecule has 1 fully saturated rings. The third kappa shape index (κ3) is 7.33. The number of likely N-dealkylation sites (tertiary alicyclic amines) is 1. The van der Waals surface area contributed by atoms with Gasteiger partial charge < -0.3 is 19.5 Å². The van der Waals surface area contributed by atoms with Crippen LogP contribution in [0.5, 0.6) is 0 Å². The van der Waals surface area contributed by atoms with Crippen LogP contribution in [-0.2, 0) is 36.9 Å². The lowest BCUT2D eigenvalue weighted by molar-refractivity contribution is -0.140. The molecule has 2 amide bonds. The van der Waals surface area contributed by atoms with E-state index in [1.165, 1.54) is 9.70 Å². The number of nitrogens with one attached hydrogen (secondary N) is 1. The zero-order valence-electron chi connectivity index (χ0n) is 16.1. The molecule has 0 aliphatic carbocycles. The van der Waals surface area contributed by atoms with Crippen LogP contribution in [-0.4, -0.2) is 84.9 Å². The van der Waals surface area contributed by atoms with Crippen molar-refractivity contribution in [2.45, 2.75) is 26.4 Å². The summed E-state index contributed by atoms with van der Waals surface area (Å²) >= 11 is 0. The number of nitrogens with zero attached hydrogens (tertiary/aromatic N) is 4. The molecule has 1 N–H and O–H groups in total. The van der Waals surface area contributed by atoms with E-state index in [9.17, 15) is 9.59 Å². The highest BCUT2D eigenvalue weighted by molar-refractivity contribution is 6.03. The maximum absolute atomic E-state index is 11.9. The number of hydrogen-bond acceptors (Lipinski definition) is 8. The quantitative estimate of drug-likeness (QED) is 0.337. The lowest BCUT2D eigenvalue weighted by atomic mass is 10.1. The van der Waals surface area contributed by atoms with Crippen molar-refractivity contribution >= 4 is 11.8 Å². The maximum atomic E-state index is 11.9. The van der Waals surface area contributed by atoms with Crippen LogP contribution in [0.3, 0.4) is 0 Å². The number of likely N-dealkylation sites (N-methyl/N-ethyl adjacent to an activating group) is 1. The van der Waals surface area contributed by atoms with Crippen molar-refractivity contribution in [1.29, 1.82) is 0 Å². The molecule has 1 saturated heterocycles. The molecule has 10 nitrogen and oxygen atoms in total. The largest absolute Gasteiger partial charge is 0.378 e. The van der Waals surface area contributed by atoms with Crippen LogP contribution in [0.1, 0.15) is 19.0 Å². The first-order chi connectivity index (χ1) is 13.1. The van der Waals surface area contributed by atoms with Crippen LogP contribution in [0, 0.1) is 5.92 Å². The van der Waals surface area contributed by atoms with Gasteiger partial charge >= 0.3 is 0 Å². The number of ether oxygens (including phenoxy) is 3. The second-order valence-corrected chi connectivity index (χ2v) is 6.30. The van der Waals surface area contributed by atoms with Gasteiger partial charge in [0.25, 0.3) is 0 Å². The Bertz CT molecular complexity index is 594. The van der Waals surface area contributed by atoms with Gasteiger partial charge in [0, 0.05) is 18.9 Å². The standard InChI is InChI=1S/C17H29N5O5/c1-14-11-16(23)21(17(14)24)13-15-12-19-22(20-15)4-6-26-8-10-27-9-7-25-5-3-18-2/h12,14,18H,3-11,13H2,1-2H3. The van der Waals surface area contributed by atoms with Crippen LogP contribution in [0.2, 0.25) is 0 Å². The summed E-state index contributed by atoms with van der Waals surface area (Å²) in [5.74, 6) is -0.550. The molecule has 0 radical (unpaired) electrons. The van der Waals surface area contributed by atoms with Crippen LogP contribution < -0.4 is 5.32 Å². The van der Waals surface area contributed by atoms with Crippen LogP contribution in [0.25, 0.3) is 0 Å². The van der Waals surface area contributed by atoms with Gasteiger partial charge in [-0.25, -0.2) is 0 Å². The summed E-state index contributed by atoms with van der Waals surface area (Å²) in [6, 6.07) is 0. The van der Waals surface area contributed by atoms with Crippen molar-refractivity contribution in [3.63, 3.8) is 0 Å². The van der Waals surface area contributed by atoms with Gasteiger partial charge in [0.2, 0.25) is 11.8 Å². The summed E-state index contributed by atoms with van der Waals surface area (Å²) < 4.78 is 16.2. The van der Waals surface area contributed by atoms with Crippen LogP contribution >= 0.6 is 0 Å². The molecule has 10 heteroatoms. The Balaban J connectivity index is 1.53. The van der Waals surface area contributed by atoms with Gasteiger partial charge in [-0.1, -0.05) is 6.92 Å². The second kappa shape index (κ2) is 11.8. The van der Waals surface area contributed by atoms with Crippen LogP contribution in [0.4, 0.5) is 0 Å². The van der Waals surface area contributed by atoms with E-state index in [0.717, 1.165) is 6.54 Å². The zero-order chi connectivity index (χ0) is 19.5. The predicted molar refractivity (Wildman–Crippen MR) is 95.7 cm³/mol. The zero-order valence-corrected chi connectivity index (χ0v) is 16.1. The number of rotatable bonds is 14. The number of amides is 2. The molecule has 1 aliphatic heterocycles. The Hall–Kier alpha value is -1.88. The van der Waals surface area contributed by atoms with Crippen molar-refractivity contribution in [3.05, 3.63) is 11.9 Å². The molecular formula is C17H29N5O5. The van der Waals surface area contributed by atoms with Crippen molar-refractivity contribution in [1.82, 2.24) is 25.2 Å². The molecule has 1 unspecified atom stereocenters. The van der Waals surface area contributed by atoms with Gasteiger partial charge in [-0.05, 0) is 7.05 Å². The van der Waals surface area contributed by atoms with Gasteiger partial charge in [-0.15, -0.1) is 0 Å². The molecule has 2 heterocycles. The summed E-state index contributed by atoms with van der Waals surface area (Å²) in [5.41, 5.74) is 0.590. The lowest BCUT2D eigenvalue weighted by Crippen LogP contribution is -2.29. The van der Waals surface area contributed by atoms with Crippen molar-refractivity contribution in [3.8, 4) is 0 Å². The molecule has 152 valence electrons. The topological polar surface area (TPSA) is 108 Å². The first-order valence-electron chi connectivity index (χ1n) is 9.23. The van der Waals surface area contributed by atoms with Gasteiger partial charge in [-0.3, -0.25) is 14.5 Å². The van der Waals surface area contributed by atoms with E-state index >= 15 is 0 Å². The molecule has 27 heavy (non-hydrogen) atoms. The highest BCUT2D eigenvalue weighted by atomic mass is 16.5. The molecule has 1 aliphatic rings. The summed E-state index contributed by atoms with van der Waals surface area (Å²) in [7, 11) is 1.88. The van der Waals surface area contributed by atoms with Crippen molar-refractivity contribution in [2.24, 2.45) is 5.92 Å². The Kier molecular flexibility index (Phi) is 9.32. The minimum Gasteiger partial charge on any atom is -0.378 e.